The molecule has 0 radical (unpaired) electrons. The van der Waals surface area contributed by atoms with Crippen LogP contribution in [0.15, 0.2) is 47.1 Å². The maximum Gasteiger partial charge on any atom is 0.324 e. The van der Waals surface area contributed by atoms with Gasteiger partial charge in [-0.05, 0) is 43.2 Å². The van der Waals surface area contributed by atoms with Crippen LogP contribution >= 0.6 is 0 Å². The quantitative estimate of drug-likeness (QED) is 0.484. The third-order valence-electron chi connectivity index (χ3n) is 4.16. The maximum atomic E-state index is 12.5. The zero-order valence-corrected chi connectivity index (χ0v) is 15.5. The Morgan fingerprint density at radius 1 is 1.00 bits per heavy atom. The maximum absolute atomic E-state index is 12.5. The van der Waals surface area contributed by atoms with E-state index in [9.17, 15) is 9.59 Å². The lowest BCUT2D eigenvalue weighted by atomic mass is 9.91. The van der Waals surface area contributed by atoms with Gasteiger partial charge in [0.25, 0.3) is 0 Å². The Balaban J connectivity index is 2.18. The zero-order valence-electron chi connectivity index (χ0n) is 15.5. The molecule has 1 aromatic heterocycles. The molecular weight excluding hydrogens is 346 g/mol. The van der Waals surface area contributed by atoms with Crippen molar-refractivity contribution < 1.29 is 23.5 Å². The molecule has 0 saturated carbocycles. The molecule has 1 heterocycles. The summed E-state index contributed by atoms with van der Waals surface area (Å²) in [5.74, 6) is -1.91. The van der Waals surface area contributed by atoms with Crippen LogP contribution in [0.3, 0.4) is 0 Å². The first kappa shape index (κ1) is 18.6. The van der Waals surface area contributed by atoms with Gasteiger partial charge in [0.1, 0.15) is 6.26 Å². The van der Waals surface area contributed by atoms with Crippen molar-refractivity contribution in [3.8, 4) is 11.5 Å². The fourth-order valence-electron chi connectivity index (χ4n) is 3.05. The molecule has 0 amide bonds. The summed E-state index contributed by atoms with van der Waals surface area (Å²) in [6.45, 7) is 5.61. The van der Waals surface area contributed by atoms with Gasteiger partial charge in [0.2, 0.25) is 5.89 Å². The SMILES string of the molecule is CCOC(=O)C(C(=O)OCC)c1cccc2c(-c3nc(C)co3)cccc12. The van der Waals surface area contributed by atoms with Crippen LogP contribution in [0.2, 0.25) is 0 Å². The van der Waals surface area contributed by atoms with Gasteiger partial charge < -0.3 is 13.9 Å². The number of nitrogens with zero attached hydrogens (tertiary/aromatic N) is 1. The van der Waals surface area contributed by atoms with Gasteiger partial charge in [-0.1, -0.05) is 30.3 Å². The minimum Gasteiger partial charge on any atom is -0.465 e. The van der Waals surface area contributed by atoms with Gasteiger partial charge in [0, 0.05) is 5.56 Å². The van der Waals surface area contributed by atoms with Crippen molar-refractivity contribution in [1.29, 1.82) is 0 Å². The molecule has 0 aliphatic carbocycles. The summed E-state index contributed by atoms with van der Waals surface area (Å²) >= 11 is 0. The molecule has 0 unspecified atom stereocenters. The normalized spacial score (nSPS) is 11.0. The summed E-state index contributed by atoms with van der Waals surface area (Å²) in [7, 11) is 0. The Bertz CT molecular complexity index is 958. The highest BCUT2D eigenvalue weighted by Crippen LogP contribution is 2.33. The van der Waals surface area contributed by atoms with Crippen LogP contribution in [-0.4, -0.2) is 30.1 Å². The molecule has 0 fully saturated rings. The Hall–Kier alpha value is -3.15. The molecule has 2 aromatic carbocycles. The summed E-state index contributed by atoms with van der Waals surface area (Å²) in [6.07, 6.45) is 1.58. The van der Waals surface area contributed by atoms with E-state index in [1.54, 1.807) is 32.2 Å². The predicted molar refractivity (Wildman–Crippen MR) is 100 cm³/mol. The fourth-order valence-corrected chi connectivity index (χ4v) is 3.05. The van der Waals surface area contributed by atoms with E-state index < -0.39 is 17.9 Å². The highest BCUT2D eigenvalue weighted by molar-refractivity contribution is 6.06. The Morgan fingerprint density at radius 3 is 2.22 bits per heavy atom. The highest BCUT2D eigenvalue weighted by Gasteiger charge is 2.33. The van der Waals surface area contributed by atoms with Crippen LogP contribution in [-0.2, 0) is 19.1 Å². The second-order valence-electron chi connectivity index (χ2n) is 5.98. The van der Waals surface area contributed by atoms with E-state index in [-0.39, 0.29) is 13.2 Å². The van der Waals surface area contributed by atoms with Gasteiger partial charge in [-0.15, -0.1) is 0 Å². The van der Waals surface area contributed by atoms with Crippen molar-refractivity contribution in [2.24, 2.45) is 0 Å². The summed E-state index contributed by atoms with van der Waals surface area (Å²) in [4.78, 5) is 29.4. The summed E-state index contributed by atoms with van der Waals surface area (Å²) < 4.78 is 15.8. The topological polar surface area (TPSA) is 78.6 Å². The molecule has 0 aliphatic heterocycles. The first-order valence-electron chi connectivity index (χ1n) is 8.84. The minimum absolute atomic E-state index is 0.181. The molecule has 0 bridgehead atoms. The molecule has 27 heavy (non-hydrogen) atoms. The van der Waals surface area contributed by atoms with Crippen LogP contribution in [0.5, 0.6) is 0 Å². The smallest absolute Gasteiger partial charge is 0.324 e. The van der Waals surface area contributed by atoms with Crippen LogP contribution in [0, 0.1) is 6.92 Å². The number of ether oxygens (including phenoxy) is 2. The number of benzene rings is 2. The van der Waals surface area contributed by atoms with Crippen molar-refractivity contribution in [3.63, 3.8) is 0 Å². The number of oxazole rings is 1. The third kappa shape index (κ3) is 3.69. The van der Waals surface area contributed by atoms with Crippen molar-refractivity contribution in [1.82, 2.24) is 4.98 Å². The third-order valence-corrected chi connectivity index (χ3v) is 4.16. The monoisotopic (exact) mass is 367 g/mol. The molecule has 0 atom stereocenters. The highest BCUT2D eigenvalue weighted by atomic mass is 16.6. The standard InChI is InChI=1S/C21H21NO5/c1-4-25-20(23)18(21(24)26-5-2)16-10-6-9-15-14(16)8-7-11-17(15)19-22-13(3)12-27-19/h6-12,18H,4-5H2,1-3H3. The number of hydrogen-bond donors (Lipinski definition) is 0. The summed E-state index contributed by atoms with van der Waals surface area (Å²) in [5.41, 5.74) is 2.09. The lowest BCUT2D eigenvalue weighted by molar-refractivity contribution is -0.156. The van der Waals surface area contributed by atoms with Crippen LogP contribution in [0.25, 0.3) is 22.2 Å². The molecule has 6 nitrogen and oxygen atoms in total. The lowest BCUT2D eigenvalue weighted by Crippen LogP contribution is -2.26. The number of hydrogen-bond acceptors (Lipinski definition) is 6. The molecule has 0 N–H and O–H groups in total. The van der Waals surface area contributed by atoms with Crippen molar-refractivity contribution in [3.05, 3.63) is 53.9 Å². The average molecular weight is 367 g/mol. The van der Waals surface area contributed by atoms with Crippen molar-refractivity contribution >= 4 is 22.7 Å². The summed E-state index contributed by atoms with van der Waals surface area (Å²) in [6, 6.07) is 11.0. The van der Waals surface area contributed by atoms with E-state index in [1.165, 1.54) is 0 Å². The zero-order chi connectivity index (χ0) is 19.4. The number of carbonyl (C=O) groups excluding carboxylic acids is 2. The molecule has 0 aliphatic rings. The Kier molecular flexibility index (Phi) is 5.54. The Morgan fingerprint density at radius 2 is 1.63 bits per heavy atom. The van der Waals surface area contributed by atoms with E-state index in [1.807, 2.05) is 31.2 Å². The lowest BCUT2D eigenvalue weighted by Gasteiger charge is -2.17. The Labute approximate surface area is 157 Å². The number of fused-ring (bicyclic) bond motifs is 1. The second-order valence-corrected chi connectivity index (χ2v) is 5.98. The van der Waals surface area contributed by atoms with Gasteiger partial charge in [-0.3, -0.25) is 9.59 Å². The second kappa shape index (κ2) is 8.03. The fraction of sp³-hybridized carbons (Fsp3) is 0.286. The molecule has 6 heteroatoms. The molecule has 3 aromatic rings. The van der Waals surface area contributed by atoms with Crippen LogP contribution < -0.4 is 0 Å². The van der Waals surface area contributed by atoms with E-state index >= 15 is 0 Å². The number of aryl methyl sites for hydroxylation is 1. The van der Waals surface area contributed by atoms with E-state index in [2.05, 4.69) is 4.98 Å². The average Bonchev–Trinajstić information content (AvgIpc) is 3.08. The van der Waals surface area contributed by atoms with E-state index in [0.717, 1.165) is 22.0 Å². The van der Waals surface area contributed by atoms with Gasteiger partial charge in [-0.25, -0.2) is 4.98 Å². The molecular formula is C21H21NO5. The summed E-state index contributed by atoms with van der Waals surface area (Å²) in [5, 5.41) is 1.58. The molecule has 140 valence electrons. The van der Waals surface area contributed by atoms with Crippen LogP contribution in [0.4, 0.5) is 0 Å². The van der Waals surface area contributed by atoms with E-state index in [0.29, 0.717) is 11.5 Å². The number of aromatic nitrogens is 1. The molecule has 0 saturated heterocycles. The first-order valence-corrected chi connectivity index (χ1v) is 8.84. The molecule has 3 rings (SSSR count). The number of rotatable bonds is 6. The first-order chi connectivity index (χ1) is 13.1. The van der Waals surface area contributed by atoms with E-state index in [4.69, 9.17) is 13.9 Å². The predicted octanol–water partition coefficient (Wildman–Crippen LogP) is 4.01. The van der Waals surface area contributed by atoms with Gasteiger partial charge in [0.15, 0.2) is 5.92 Å². The molecule has 0 spiro atoms. The van der Waals surface area contributed by atoms with Gasteiger partial charge in [-0.2, -0.15) is 0 Å². The van der Waals surface area contributed by atoms with Crippen LogP contribution in [0.1, 0.15) is 31.0 Å². The van der Waals surface area contributed by atoms with Crippen molar-refractivity contribution in [2.75, 3.05) is 13.2 Å². The number of esters is 2. The van der Waals surface area contributed by atoms with Gasteiger partial charge >= 0.3 is 11.9 Å². The minimum atomic E-state index is -1.14. The van der Waals surface area contributed by atoms with Gasteiger partial charge in [0.05, 0.1) is 18.9 Å². The number of carbonyl (C=O) groups is 2. The van der Waals surface area contributed by atoms with Crippen molar-refractivity contribution in [2.45, 2.75) is 26.7 Å². The largest absolute Gasteiger partial charge is 0.465 e.